The van der Waals surface area contributed by atoms with Gasteiger partial charge in [0.15, 0.2) is 6.33 Å². The average Bonchev–Trinajstić information content (AvgIpc) is 2.55. The Morgan fingerprint density at radius 1 is 1.08 bits per heavy atom. The molecule has 3 heteroatoms. The first-order valence-corrected chi connectivity index (χ1v) is 5.24. The fourth-order valence-corrected chi connectivity index (χ4v) is 2.05. The zero-order chi connectivity index (χ0) is 8.93. The third kappa shape index (κ3) is 2.29. The second-order valence-electron chi connectivity index (χ2n) is 3.80. The van der Waals surface area contributed by atoms with Crippen molar-refractivity contribution in [2.75, 3.05) is 0 Å². The molecule has 1 aromatic rings. The van der Waals surface area contributed by atoms with Crippen LogP contribution >= 0.6 is 0 Å². The molecule has 1 aliphatic carbocycles. The van der Waals surface area contributed by atoms with Crippen molar-refractivity contribution in [2.24, 2.45) is 0 Å². The van der Waals surface area contributed by atoms with Crippen LogP contribution in [-0.2, 0) is 0 Å². The Morgan fingerprint density at radius 2 is 1.77 bits per heavy atom. The van der Waals surface area contributed by atoms with Crippen LogP contribution in [0.25, 0.3) is 0 Å². The Kier molecular flexibility index (Phi) is 2.95. The van der Waals surface area contributed by atoms with Crippen molar-refractivity contribution in [2.45, 2.75) is 51.0 Å². The summed E-state index contributed by atoms with van der Waals surface area (Å²) in [7, 11) is 0. The molecule has 1 saturated carbocycles. The van der Waals surface area contributed by atoms with E-state index in [1.165, 1.54) is 44.9 Å². The molecule has 0 amide bonds. The first-order valence-electron chi connectivity index (χ1n) is 5.24. The van der Waals surface area contributed by atoms with E-state index in [1.54, 1.807) is 6.33 Å². The minimum Gasteiger partial charge on any atom is -0.240 e. The van der Waals surface area contributed by atoms with Crippen molar-refractivity contribution < 1.29 is 0 Å². The molecular formula is C10H16N3. The van der Waals surface area contributed by atoms with Crippen LogP contribution in [0, 0.1) is 6.33 Å². The van der Waals surface area contributed by atoms with E-state index in [0.717, 1.165) is 0 Å². The summed E-state index contributed by atoms with van der Waals surface area (Å²) in [6, 6.07) is 0.558. The Morgan fingerprint density at radius 3 is 2.38 bits per heavy atom. The van der Waals surface area contributed by atoms with E-state index >= 15 is 0 Å². The molecule has 1 aromatic heterocycles. The molecule has 71 valence electrons. The van der Waals surface area contributed by atoms with E-state index in [0.29, 0.717) is 6.04 Å². The van der Waals surface area contributed by atoms with Gasteiger partial charge in [-0.15, -0.1) is 0 Å². The number of rotatable bonds is 1. The van der Waals surface area contributed by atoms with Crippen molar-refractivity contribution in [1.82, 2.24) is 14.8 Å². The van der Waals surface area contributed by atoms with Crippen LogP contribution in [0.1, 0.15) is 51.0 Å². The van der Waals surface area contributed by atoms with E-state index in [4.69, 9.17) is 0 Å². The minimum atomic E-state index is 0.558. The minimum absolute atomic E-state index is 0.558. The van der Waals surface area contributed by atoms with Gasteiger partial charge in [-0.1, -0.05) is 32.1 Å². The molecule has 0 bridgehead atoms. The summed E-state index contributed by atoms with van der Waals surface area (Å²) >= 11 is 0. The predicted octanol–water partition coefficient (Wildman–Crippen LogP) is 2.36. The SMILES string of the molecule is [c]1ncnn1C1CCCCCCC1. The predicted molar refractivity (Wildman–Crippen MR) is 50.2 cm³/mol. The quantitative estimate of drug-likeness (QED) is 0.661. The summed E-state index contributed by atoms with van der Waals surface area (Å²) in [5.41, 5.74) is 0. The molecule has 0 spiro atoms. The third-order valence-electron chi connectivity index (χ3n) is 2.81. The molecule has 3 nitrogen and oxygen atoms in total. The van der Waals surface area contributed by atoms with Crippen LogP contribution in [0.15, 0.2) is 6.33 Å². The Labute approximate surface area is 79.2 Å². The lowest BCUT2D eigenvalue weighted by Gasteiger charge is -2.18. The van der Waals surface area contributed by atoms with Crippen molar-refractivity contribution in [3.05, 3.63) is 12.7 Å². The fraction of sp³-hybridized carbons (Fsp3) is 0.800. The van der Waals surface area contributed by atoms with Gasteiger partial charge >= 0.3 is 0 Å². The van der Waals surface area contributed by atoms with Crippen molar-refractivity contribution in [3.63, 3.8) is 0 Å². The average molecular weight is 178 g/mol. The lowest BCUT2D eigenvalue weighted by atomic mass is 9.97. The molecule has 1 aliphatic rings. The summed E-state index contributed by atoms with van der Waals surface area (Å²) in [4.78, 5) is 3.88. The molecule has 2 rings (SSSR count). The zero-order valence-electron chi connectivity index (χ0n) is 7.95. The van der Waals surface area contributed by atoms with Gasteiger partial charge in [0.25, 0.3) is 0 Å². The highest BCUT2D eigenvalue weighted by atomic mass is 15.3. The van der Waals surface area contributed by atoms with Crippen molar-refractivity contribution in [3.8, 4) is 0 Å². The maximum atomic E-state index is 4.16. The summed E-state index contributed by atoms with van der Waals surface area (Å²) in [6.45, 7) is 0. The van der Waals surface area contributed by atoms with E-state index < -0.39 is 0 Å². The Balaban J connectivity index is 1.96. The van der Waals surface area contributed by atoms with E-state index in [1.807, 2.05) is 4.68 Å². The standard InChI is InChI=1S/C10H16N3/c1-2-4-6-10(7-5-3-1)13-9-11-8-12-13/h8,10H,1-7H2. The van der Waals surface area contributed by atoms with E-state index in [9.17, 15) is 0 Å². The Bertz CT molecular complexity index is 222. The monoisotopic (exact) mass is 178 g/mol. The highest BCUT2D eigenvalue weighted by molar-refractivity contribution is 4.69. The van der Waals surface area contributed by atoms with E-state index in [2.05, 4.69) is 16.4 Å². The maximum absolute atomic E-state index is 4.16. The molecule has 1 radical (unpaired) electrons. The second kappa shape index (κ2) is 4.40. The molecule has 0 saturated heterocycles. The van der Waals surface area contributed by atoms with Crippen molar-refractivity contribution in [1.29, 1.82) is 0 Å². The van der Waals surface area contributed by atoms with Gasteiger partial charge < -0.3 is 0 Å². The zero-order valence-corrected chi connectivity index (χ0v) is 7.95. The van der Waals surface area contributed by atoms with Crippen molar-refractivity contribution >= 4 is 0 Å². The molecule has 0 aromatic carbocycles. The smallest absolute Gasteiger partial charge is 0.196 e. The molecule has 0 N–H and O–H groups in total. The van der Waals surface area contributed by atoms with Gasteiger partial charge in [-0.25, -0.2) is 9.67 Å². The van der Waals surface area contributed by atoms with Crippen LogP contribution in [0.2, 0.25) is 0 Å². The van der Waals surface area contributed by atoms with Gasteiger partial charge in [-0.2, -0.15) is 5.10 Å². The summed E-state index contributed by atoms with van der Waals surface area (Å²) in [6.07, 6.45) is 13.8. The van der Waals surface area contributed by atoms with Gasteiger partial charge in [0.1, 0.15) is 6.33 Å². The first kappa shape index (κ1) is 8.73. The van der Waals surface area contributed by atoms with Crippen LogP contribution in [-0.4, -0.2) is 14.8 Å². The lowest BCUT2D eigenvalue weighted by Crippen LogP contribution is -2.11. The molecule has 13 heavy (non-hydrogen) atoms. The fourth-order valence-electron chi connectivity index (χ4n) is 2.05. The van der Waals surface area contributed by atoms with E-state index in [-0.39, 0.29) is 0 Å². The molecular weight excluding hydrogens is 162 g/mol. The van der Waals surface area contributed by atoms with Crippen LogP contribution in [0.5, 0.6) is 0 Å². The topological polar surface area (TPSA) is 30.7 Å². The third-order valence-corrected chi connectivity index (χ3v) is 2.81. The summed E-state index contributed by atoms with van der Waals surface area (Å²) < 4.78 is 1.91. The number of hydrogen-bond acceptors (Lipinski definition) is 2. The number of hydrogen-bond donors (Lipinski definition) is 0. The summed E-state index contributed by atoms with van der Waals surface area (Å²) in [5.74, 6) is 0. The molecule has 0 atom stereocenters. The Hall–Kier alpha value is -0.860. The van der Waals surface area contributed by atoms with Gasteiger partial charge in [-0.05, 0) is 12.8 Å². The maximum Gasteiger partial charge on any atom is 0.196 e. The van der Waals surface area contributed by atoms with Crippen LogP contribution in [0.3, 0.4) is 0 Å². The number of nitrogens with zero attached hydrogens (tertiary/aromatic N) is 3. The highest BCUT2D eigenvalue weighted by Crippen LogP contribution is 2.24. The summed E-state index contributed by atoms with van der Waals surface area (Å²) in [5, 5.41) is 4.16. The van der Waals surface area contributed by atoms with Crippen LogP contribution in [0.4, 0.5) is 0 Å². The molecule has 0 unspecified atom stereocenters. The molecule has 0 aliphatic heterocycles. The second-order valence-corrected chi connectivity index (χ2v) is 3.80. The van der Waals surface area contributed by atoms with Gasteiger partial charge in [0.05, 0.1) is 6.04 Å². The van der Waals surface area contributed by atoms with Gasteiger partial charge in [0, 0.05) is 0 Å². The largest absolute Gasteiger partial charge is 0.240 e. The van der Waals surface area contributed by atoms with Gasteiger partial charge in [0.2, 0.25) is 0 Å². The molecule has 1 fully saturated rings. The molecule has 1 heterocycles. The lowest BCUT2D eigenvalue weighted by molar-refractivity contribution is 0.345. The van der Waals surface area contributed by atoms with Crippen LogP contribution < -0.4 is 0 Å². The normalized spacial score (nSPS) is 20.9. The number of aromatic nitrogens is 3. The van der Waals surface area contributed by atoms with Gasteiger partial charge in [-0.3, -0.25) is 0 Å². The highest BCUT2D eigenvalue weighted by Gasteiger charge is 2.13. The first-order chi connectivity index (χ1) is 6.47.